The maximum Gasteiger partial charge on any atom is 0.136 e. The first-order valence-electron chi connectivity index (χ1n) is 6.19. The van der Waals surface area contributed by atoms with Crippen LogP contribution in [0.25, 0.3) is 12.2 Å². The summed E-state index contributed by atoms with van der Waals surface area (Å²) in [6.45, 7) is 0. The Hall–Kier alpha value is -1.99. The summed E-state index contributed by atoms with van der Waals surface area (Å²) in [4.78, 5) is 0. The molecule has 1 unspecified atom stereocenters. The molecule has 94 valence electrons. The summed E-state index contributed by atoms with van der Waals surface area (Å²) in [5, 5.41) is 0.750. The van der Waals surface area contributed by atoms with Crippen LogP contribution in [0.2, 0.25) is 5.02 Å². The number of rotatable bonds is 2. The topological polar surface area (TPSA) is 9.23 Å². The minimum atomic E-state index is -0.0226. The third-order valence-electron chi connectivity index (χ3n) is 3.00. The molecule has 0 aromatic heterocycles. The minimum Gasteiger partial charge on any atom is -0.482 e. The van der Waals surface area contributed by atoms with Crippen LogP contribution in [0.3, 0.4) is 0 Å². The van der Waals surface area contributed by atoms with Gasteiger partial charge in [-0.3, -0.25) is 0 Å². The lowest BCUT2D eigenvalue weighted by atomic mass is 10.1. The summed E-state index contributed by atoms with van der Waals surface area (Å²) in [5.41, 5.74) is 2.24. The first kappa shape index (κ1) is 12.1. The number of para-hydroxylation sites is 1. The van der Waals surface area contributed by atoms with Crippen LogP contribution < -0.4 is 4.74 Å². The van der Waals surface area contributed by atoms with Crippen molar-refractivity contribution < 1.29 is 4.74 Å². The largest absolute Gasteiger partial charge is 0.482 e. The highest BCUT2D eigenvalue weighted by Crippen LogP contribution is 2.25. The molecular formula is C17H13ClO. The van der Waals surface area contributed by atoms with Crippen LogP contribution in [-0.4, -0.2) is 6.10 Å². The van der Waals surface area contributed by atoms with E-state index in [-0.39, 0.29) is 6.10 Å². The number of halogens is 1. The van der Waals surface area contributed by atoms with Gasteiger partial charge in [0.05, 0.1) is 0 Å². The van der Waals surface area contributed by atoms with E-state index in [1.54, 1.807) is 0 Å². The highest BCUT2D eigenvalue weighted by Gasteiger charge is 2.10. The van der Waals surface area contributed by atoms with Crippen molar-refractivity contribution in [3.8, 4) is 5.75 Å². The highest BCUT2D eigenvalue weighted by molar-refractivity contribution is 6.30. The average Bonchev–Trinajstić information content (AvgIpc) is 2.46. The molecule has 0 spiro atoms. The molecule has 3 rings (SSSR count). The van der Waals surface area contributed by atoms with Gasteiger partial charge >= 0.3 is 0 Å². The maximum atomic E-state index is 5.88. The molecule has 0 radical (unpaired) electrons. The lowest BCUT2D eigenvalue weighted by Crippen LogP contribution is -2.13. The molecular weight excluding hydrogens is 256 g/mol. The fourth-order valence-electron chi connectivity index (χ4n) is 1.99. The van der Waals surface area contributed by atoms with Gasteiger partial charge in [-0.2, -0.15) is 0 Å². The molecule has 19 heavy (non-hydrogen) atoms. The van der Waals surface area contributed by atoms with Gasteiger partial charge in [-0.05, 0) is 35.9 Å². The Kier molecular flexibility index (Phi) is 3.39. The third-order valence-corrected chi connectivity index (χ3v) is 3.25. The predicted octanol–water partition coefficient (Wildman–Crippen LogP) is 4.83. The summed E-state index contributed by atoms with van der Waals surface area (Å²) in [5.74, 6) is 0.927. The normalized spacial score (nSPS) is 17.2. The predicted molar refractivity (Wildman–Crippen MR) is 80.4 cm³/mol. The van der Waals surface area contributed by atoms with Crippen LogP contribution in [0.5, 0.6) is 5.75 Å². The van der Waals surface area contributed by atoms with Gasteiger partial charge in [-0.15, -0.1) is 0 Å². The van der Waals surface area contributed by atoms with E-state index in [9.17, 15) is 0 Å². The number of ether oxygens (including phenoxy) is 1. The quantitative estimate of drug-likeness (QED) is 0.758. The Morgan fingerprint density at radius 1 is 1.00 bits per heavy atom. The van der Waals surface area contributed by atoms with Crippen molar-refractivity contribution in [3.05, 3.63) is 76.8 Å². The van der Waals surface area contributed by atoms with Crippen LogP contribution in [0.4, 0.5) is 0 Å². The number of fused-ring (bicyclic) bond motifs is 1. The fourth-order valence-corrected chi connectivity index (χ4v) is 2.12. The zero-order valence-electron chi connectivity index (χ0n) is 10.3. The zero-order valence-corrected chi connectivity index (χ0v) is 11.0. The van der Waals surface area contributed by atoms with E-state index < -0.39 is 0 Å². The van der Waals surface area contributed by atoms with Crippen molar-refractivity contribution in [2.24, 2.45) is 0 Å². The second-order valence-electron chi connectivity index (χ2n) is 4.39. The average molecular weight is 269 g/mol. The van der Waals surface area contributed by atoms with Gasteiger partial charge in [0.25, 0.3) is 0 Å². The van der Waals surface area contributed by atoms with E-state index in [1.807, 2.05) is 60.7 Å². The molecule has 0 amide bonds. The number of hydrogen-bond donors (Lipinski definition) is 0. The monoisotopic (exact) mass is 268 g/mol. The molecule has 1 heterocycles. The highest BCUT2D eigenvalue weighted by atomic mass is 35.5. The molecule has 1 aliphatic rings. The molecule has 0 saturated carbocycles. The van der Waals surface area contributed by atoms with Gasteiger partial charge in [-0.1, -0.05) is 54.1 Å². The summed E-state index contributed by atoms with van der Waals surface area (Å²) < 4.78 is 5.88. The van der Waals surface area contributed by atoms with Gasteiger partial charge in [-0.25, -0.2) is 0 Å². The van der Waals surface area contributed by atoms with Gasteiger partial charge in [0.15, 0.2) is 0 Å². The molecule has 1 aliphatic heterocycles. The molecule has 0 saturated heterocycles. The standard InChI is InChI=1S/C17H13ClO/c18-15-9-5-13(6-10-15)7-11-16-12-8-14-3-1-2-4-17(14)19-16/h1-12,16H/b11-7+. The molecule has 1 nitrogen and oxygen atoms in total. The first-order chi connectivity index (χ1) is 9.31. The molecule has 0 fully saturated rings. The van der Waals surface area contributed by atoms with Crippen molar-refractivity contribution in [2.75, 3.05) is 0 Å². The van der Waals surface area contributed by atoms with Crippen molar-refractivity contribution in [1.29, 1.82) is 0 Å². The molecule has 0 bridgehead atoms. The third kappa shape index (κ3) is 2.88. The van der Waals surface area contributed by atoms with Crippen molar-refractivity contribution in [3.63, 3.8) is 0 Å². The van der Waals surface area contributed by atoms with Crippen LogP contribution in [0, 0.1) is 0 Å². The summed E-state index contributed by atoms with van der Waals surface area (Å²) in [7, 11) is 0. The summed E-state index contributed by atoms with van der Waals surface area (Å²) in [6, 6.07) is 15.8. The smallest absolute Gasteiger partial charge is 0.136 e. The second-order valence-corrected chi connectivity index (χ2v) is 4.83. The molecule has 2 heteroatoms. The van der Waals surface area contributed by atoms with Gasteiger partial charge < -0.3 is 4.74 Å². The van der Waals surface area contributed by atoms with E-state index in [2.05, 4.69) is 12.2 Å². The molecule has 2 aromatic carbocycles. The summed E-state index contributed by atoms with van der Waals surface area (Å²) in [6.07, 6.45) is 8.20. The Labute approximate surface area is 117 Å². The van der Waals surface area contributed by atoms with E-state index in [1.165, 1.54) is 0 Å². The first-order valence-corrected chi connectivity index (χ1v) is 6.57. The Bertz CT molecular complexity index is 626. The number of hydrogen-bond acceptors (Lipinski definition) is 1. The van der Waals surface area contributed by atoms with E-state index in [0.29, 0.717) is 0 Å². The Morgan fingerprint density at radius 2 is 1.79 bits per heavy atom. The van der Waals surface area contributed by atoms with E-state index in [4.69, 9.17) is 16.3 Å². The second kappa shape index (κ2) is 5.33. The fraction of sp³-hybridized carbons (Fsp3) is 0.0588. The maximum absolute atomic E-state index is 5.88. The SMILES string of the molecule is Clc1ccc(/C=C/C2C=Cc3ccccc3O2)cc1. The molecule has 2 aromatic rings. The van der Waals surface area contributed by atoms with Crippen LogP contribution >= 0.6 is 11.6 Å². The van der Waals surface area contributed by atoms with Crippen LogP contribution in [0.15, 0.2) is 60.7 Å². The lowest BCUT2D eigenvalue weighted by molar-refractivity contribution is 0.293. The zero-order chi connectivity index (χ0) is 13.1. The van der Waals surface area contributed by atoms with Crippen LogP contribution in [0.1, 0.15) is 11.1 Å². The van der Waals surface area contributed by atoms with Gasteiger partial charge in [0, 0.05) is 10.6 Å². The number of benzene rings is 2. The Balaban J connectivity index is 1.74. The van der Waals surface area contributed by atoms with Gasteiger partial charge in [0.1, 0.15) is 11.9 Å². The van der Waals surface area contributed by atoms with E-state index >= 15 is 0 Å². The minimum absolute atomic E-state index is 0.0226. The molecule has 1 atom stereocenters. The van der Waals surface area contributed by atoms with Crippen LogP contribution in [-0.2, 0) is 0 Å². The lowest BCUT2D eigenvalue weighted by Gasteiger charge is -2.18. The van der Waals surface area contributed by atoms with Crippen molar-refractivity contribution in [2.45, 2.75) is 6.10 Å². The molecule has 0 aliphatic carbocycles. The van der Waals surface area contributed by atoms with Crippen molar-refractivity contribution in [1.82, 2.24) is 0 Å². The van der Waals surface area contributed by atoms with E-state index in [0.717, 1.165) is 21.9 Å². The van der Waals surface area contributed by atoms with Gasteiger partial charge in [0.2, 0.25) is 0 Å². The summed E-state index contributed by atoms with van der Waals surface area (Å²) >= 11 is 5.86. The molecule has 0 N–H and O–H groups in total. The Morgan fingerprint density at radius 3 is 2.63 bits per heavy atom. The van der Waals surface area contributed by atoms with Crippen molar-refractivity contribution >= 4 is 23.8 Å².